The fourth-order valence-corrected chi connectivity index (χ4v) is 4.42. The maximum Gasteiger partial charge on any atom is 0.275 e. The quantitative estimate of drug-likeness (QED) is 0.439. The van der Waals surface area contributed by atoms with Crippen LogP contribution in [0.4, 0.5) is 17.1 Å². The first-order valence-corrected chi connectivity index (χ1v) is 9.02. The molecule has 1 aliphatic heterocycles. The topological polar surface area (TPSA) is 108 Å². The van der Waals surface area contributed by atoms with Crippen LogP contribution in [0.2, 0.25) is 5.02 Å². The van der Waals surface area contributed by atoms with E-state index in [2.05, 4.69) is 5.32 Å². The summed E-state index contributed by atoms with van der Waals surface area (Å²) in [6.45, 7) is 0. The van der Waals surface area contributed by atoms with Crippen LogP contribution in [0.5, 0.6) is 5.75 Å². The lowest BCUT2D eigenvalue weighted by Gasteiger charge is -2.37. The zero-order chi connectivity index (χ0) is 20.0. The number of hydrogen-bond acceptors (Lipinski definition) is 6. The van der Waals surface area contributed by atoms with Crippen molar-refractivity contribution < 1.29 is 14.6 Å². The van der Waals surface area contributed by atoms with Gasteiger partial charge in [-0.05, 0) is 24.5 Å². The summed E-state index contributed by atoms with van der Waals surface area (Å²) in [4.78, 5) is 22.0. The van der Waals surface area contributed by atoms with Crippen molar-refractivity contribution in [3.8, 4) is 5.75 Å². The summed E-state index contributed by atoms with van der Waals surface area (Å²) < 4.78 is 5.42. The molecule has 144 valence electrons. The number of rotatable bonds is 4. The highest BCUT2D eigenvalue weighted by atomic mass is 35.5. The van der Waals surface area contributed by atoms with Crippen LogP contribution in [-0.2, 0) is 0 Å². The Hall–Kier alpha value is -3.13. The predicted octanol–water partition coefficient (Wildman–Crippen LogP) is 4.99. The molecule has 0 bridgehead atoms. The third-order valence-corrected chi connectivity index (χ3v) is 5.74. The molecule has 3 atom stereocenters. The number of ether oxygens (including phenoxy) is 1. The number of nitro groups is 2. The lowest BCUT2D eigenvalue weighted by atomic mass is 9.76. The van der Waals surface area contributed by atoms with Gasteiger partial charge in [-0.1, -0.05) is 23.8 Å². The van der Waals surface area contributed by atoms with Gasteiger partial charge < -0.3 is 10.1 Å². The van der Waals surface area contributed by atoms with E-state index >= 15 is 0 Å². The Morgan fingerprint density at radius 2 is 1.96 bits per heavy atom. The number of halogens is 1. The second-order valence-electron chi connectivity index (χ2n) is 6.77. The third-order valence-electron chi connectivity index (χ3n) is 5.40. The number of nitrogens with zero attached hydrogens (tertiary/aromatic N) is 2. The molecule has 0 saturated heterocycles. The van der Waals surface area contributed by atoms with Gasteiger partial charge in [0, 0.05) is 34.7 Å². The molecule has 0 amide bonds. The van der Waals surface area contributed by atoms with Crippen molar-refractivity contribution in [3.05, 3.63) is 78.9 Å². The van der Waals surface area contributed by atoms with Crippen LogP contribution >= 0.6 is 11.6 Å². The van der Waals surface area contributed by atoms with Gasteiger partial charge in [-0.15, -0.1) is 0 Å². The van der Waals surface area contributed by atoms with Crippen molar-refractivity contribution in [1.82, 2.24) is 0 Å². The molecular formula is C19H16ClN3O5. The number of benzene rings is 2. The Morgan fingerprint density at radius 3 is 2.64 bits per heavy atom. The number of non-ortho nitro benzene ring substituents is 1. The van der Waals surface area contributed by atoms with Crippen LogP contribution in [0, 0.1) is 26.1 Å². The number of fused-ring (bicyclic) bond motifs is 3. The molecule has 8 nitrogen and oxygen atoms in total. The molecule has 2 aromatic rings. The first-order valence-electron chi connectivity index (χ1n) is 8.64. The van der Waals surface area contributed by atoms with E-state index in [9.17, 15) is 20.2 Å². The number of anilines is 1. The van der Waals surface area contributed by atoms with Gasteiger partial charge in [0.05, 0.1) is 34.2 Å². The van der Waals surface area contributed by atoms with E-state index in [1.807, 2.05) is 12.2 Å². The number of hydrogen-bond donors (Lipinski definition) is 1. The normalized spacial score (nSPS) is 22.1. The molecule has 1 N–H and O–H groups in total. The molecule has 0 fully saturated rings. The zero-order valence-electron chi connectivity index (χ0n) is 14.8. The second-order valence-corrected chi connectivity index (χ2v) is 7.18. The summed E-state index contributed by atoms with van der Waals surface area (Å²) in [7, 11) is 1.50. The number of methoxy groups -OCH3 is 1. The van der Waals surface area contributed by atoms with E-state index in [0.29, 0.717) is 34.0 Å². The average Bonchev–Trinajstić information content (AvgIpc) is 3.16. The maximum absolute atomic E-state index is 11.6. The molecule has 2 aliphatic rings. The zero-order valence-corrected chi connectivity index (χ0v) is 15.6. The molecular weight excluding hydrogens is 386 g/mol. The molecule has 4 rings (SSSR count). The lowest BCUT2D eigenvalue weighted by Crippen LogP contribution is -2.30. The molecule has 28 heavy (non-hydrogen) atoms. The SMILES string of the molecule is COc1ccc([N+](=O)[O-])c2c1N[C@H](c1cc([N+](=O)[O-])ccc1Cl)[C@H]1CC=C[C@@H]21. The van der Waals surface area contributed by atoms with Crippen molar-refractivity contribution in [1.29, 1.82) is 0 Å². The first-order chi connectivity index (χ1) is 13.4. The van der Waals surface area contributed by atoms with Gasteiger partial charge in [-0.3, -0.25) is 20.2 Å². The number of nitrogens with one attached hydrogen (secondary N) is 1. The molecule has 2 aromatic carbocycles. The highest BCUT2D eigenvalue weighted by molar-refractivity contribution is 6.31. The monoisotopic (exact) mass is 401 g/mol. The third kappa shape index (κ3) is 2.77. The van der Waals surface area contributed by atoms with Gasteiger partial charge in [0.15, 0.2) is 0 Å². The van der Waals surface area contributed by atoms with E-state index in [4.69, 9.17) is 16.3 Å². The Bertz CT molecular complexity index is 1020. The van der Waals surface area contributed by atoms with E-state index < -0.39 is 9.85 Å². The molecule has 1 aliphatic carbocycles. The van der Waals surface area contributed by atoms with Crippen molar-refractivity contribution in [2.75, 3.05) is 12.4 Å². The molecule has 0 radical (unpaired) electrons. The van der Waals surface area contributed by atoms with Crippen LogP contribution in [0.3, 0.4) is 0 Å². The van der Waals surface area contributed by atoms with Crippen molar-refractivity contribution in [3.63, 3.8) is 0 Å². The Morgan fingerprint density at radius 1 is 1.18 bits per heavy atom. The van der Waals surface area contributed by atoms with Gasteiger partial charge in [0.2, 0.25) is 0 Å². The van der Waals surface area contributed by atoms with Gasteiger partial charge >= 0.3 is 0 Å². The van der Waals surface area contributed by atoms with E-state index in [-0.39, 0.29) is 29.3 Å². The lowest BCUT2D eigenvalue weighted by molar-refractivity contribution is -0.385. The van der Waals surface area contributed by atoms with Crippen LogP contribution in [0.1, 0.15) is 29.5 Å². The molecule has 0 spiro atoms. The largest absolute Gasteiger partial charge is 0.495 e. The smallest absolute Gasteiger partial charge is 0.275 e. The van der Waals surface area contributed by atoms with Crippen molar-refractivity contribution in [2.45, 2.75) is 18.4 Å². The standard InChI is InChI=1S/C19H16ClN3O5/c1-28-16-8-7-15(23(26)27)17-11-3-2-4-12(11)18(21-19(16)17)13-9-10(22(24)25)5-6-14(13)20/h2-3,5-9,11-12,18,21H,4H2,1H3/t11-,12+,18+/m1/s1. The minimum atomic E-state index is -0.466. The van der Waals surface area contributed by atoms with Crippen molar-refractivity contribution in [2.24, 2.45) is 5.92 Å². The van der Waals surface area contributed by atoms with Crippen LogP contribution in [-0.4, -0.2) is 17.0 Å². The summed E-state index contributed by atoms with van der Waals surface area (Å²) in [6.07, 6.45) is 4.61. The summed E-state index contributed by atoms with van der Waals surface area (Å²) in [5, 5.41) is 26.6. The maximum atomic E-state index is 11.6. The van der Waals surface area contributed by atoms with Gasteiger partial charge in [0.25, 0.3) is 11.4 Å². The average molecular weight is 402 g/mol. The fraction of sp³-hybridized carbons (Fsp3) is 0.263. The van der Waals surface area contributed by atoms with Crippen LogP contribution in [0.25, 0.3) is 0 Å². The molecule has 0 saturated carbocycles. The minimum absolute atomic E-state index is 0.0217. The van der Waals surface area contributed by atoms with Gasteiger partial charge in [-0.2, -0.15) is 0 Å². The summed E-state index contributed by atoms with van der Waals surface area (Å²) in [6, 6.07) is 6.98. The summed E-state index contributed by atoms with van der Waals surface area (Å²) in [5.41, 5.74) is 1.65. The highest BCUT2D eigenvalue weighted by Crippen LogP contribution is 2.55. The first kappa shape index (κ1) is 18.2. The molecule has 0 unspecified atom stereocenters. The number of nitro benzene ring substituents is 2. The van der Waals surface area contributed by atoms with Gasteiger partial charge in [0.1, 0.15) is 5.75 Å². The van der Waals surface area contributed by atoms with Crippen LogP contribution in [0.15, 0.2) is 42.5 Å². The molecule has 0 aromatic heterocycles. The minimum Gasteiger partial charge on any atom is -0.495 e. The number of allylic oxidation sites excluding steroid dienone is 2. The molecule has 9 heteroatoms. The predicted molar refractivity (Wildman–Crippen MR) is 104 cm³/mol. The Kier molecular flexibility index (Phi) is 4.43. The summed E-state index contributed by atoms with van der Waals surface area (Å²) in [5.74, 6) is 0.204. The van der Waals surface area contributed by atoms with Gasteiger partial charge in [-0.25, -0.2) is 0 Å². The van der Waals surface area contributed by atoms with E-state index in [1.165, 1.54) is 31.4 Å². The second kappa shape index (κ2) is 6.79. The van der Waals surface area contributed by atoms with Crippen LogP contribution < -0.4 is 10.1 Å². The highest BCUT2D eigenvalue weighted by Gasteiger charge is 2.43. The van der Waals surface area contributed by atoms with Crippen molar-refractivity contribution >= 4 is 28.7 Å². The Labute approximate surface area is 165 Å². The van der Waals surface area contributed by atoms with E-state index in [0.717, 1.165) is 0 Å². The Balaban J connectivity index is 1.90. The summed E-state index contributed by atoms with van der Waals surface area (Å²) >= 11 is 6.38. The van der Waals surface area contributed by atoms with E-state index in [1.54, 1.807) is 6.07 Å². The fourth-order valence-electron chi connectivity index (χ4n) is 4.18. The molecule has 1 heterocycles.